The van der Waals surface area contributed by atoms with E-state index in [9.17, 15) is 14.7 Å². The lowest BCUT2D eigenvalue weighted by Crippen LogP contribution is -2.61. The minimum atomic E-state index is -2.30. The van der Waals surface area contributed by atoms with Gasteiger partial charge >= 0.3 is 6.03 Å². The number of halogens is 2. The van der Waals surface area contributed by atoms with Crippen molar-refractivity contribution in [1.29, 1.82) is 0 Å². The van der Waals surface area contributed by atoms with Crippen LogP contribution < -0.4 is 21.1 Å². The number of rotatable bonds is 6. The van der Waals surface area contributed by atoms with Crippen molar-refractivity contribution in [3.63, 3.8) is 0 Å². The topological polar surface area (TPSA) is 123 Å². The SMILES string of the molecule is COc1ccccc1C(=O)Nc1ccccc1C1=CC(Cl)(C(=S)NC(N)=O)C(O)(OC)C(Cl)=C1. The zero-order valence-corrected chi connectivity index (χ0v) is 20.4. The molecule has 1 aliphatic carbocycles. The number of allylic oxidation sites excluding steroid dienone is 2. The van der Waals surface area contributed by atoms with Gasteiger partial charge in [0.25, 0.3) is 5.91 Å². The van der Waals surface area contributed by atoms with Crippen LogP contribution in [-0.4, -0.2) is 46.9 Å². The highest BCUT2D eigenvalue weighted by molar-refractivity contribution is 7.80. The van der Waals surface area contributed by atoms with Gasteiger partial charge in [0.05, 0.1) is 17.7 Å². The number of primary amides is 1. The number of alkyl halides is 1. The number of ether oxygens (including phenoxy) is 2. The first-order valence-corrected chi connectivity index (χ1v) is 11.0. The molecule has 0 radical (unpaired) electrons. The molecule has 0 saturated heterocycles. The molecule has 2 aromatic rings. The summed E-state index contributed by atoms with van der Waals surface area (Å²) in [5.74, 6) is -2.30. The van der Waals surface area contributed by atoms with E-state index in [4.69, 9.17) is 50.6 Å². The van der Waals surface area contributed by atoms with E-state index in [-0.39, 0.29) is 10.0 Å². The lowest BCUT2D eigenvalue weighted by atomic mass is 9.85. The second-order valence-corrected chi connectivity index (χ2v) is 8.58. The van der Waals surface area contributed by atoms with Crippen LogP contribution in [0.25, 0.3) is 5.57 Å². The summed E-state index contributed by atoms with van der Waals surface area (Å²) in [6.07, 6.45) is 2.79. The van der Waals surface area contributed by atoms with Gasteiger partial charge in [-0.2, -0.15) is 0 Å². The summed E-state index contributed by atoms with van der Waals surface area (Å²) in [4.78, 5) is 22.0. The Balaban J connectivity index is 2.08. The summed E-state index contributed by atoms with van der Waals surface area (Å²) in [6, 6.07) is 12.7. The van der Waals surface area contributed by atoms with Crippen LogP contribution in [-0.2, 0) is 4.74 Å². The van der Waals surface area contributed by atoms with E-state index in [2.05, 4.69) is 10.6 Å². The minimum absolute atomic E-state index is 0.207. The van der Waals surface area contributed by atoms with Gasteiger partial charge in [-0.25, -0.2) is 4.79 Å². The van der Waals surface area contributed by atoms with E-state index in [1.807, 2.05) is 0 Å². The van der Waals surface area contributed by atoms with E-state index < -0.39 is 22.6 Å². The largest absolute Gasteiger partial charge is 0.496 e. The van der Waals surface area contributed by atoms with Gasteiger partial charge in [-0.3, -0.25) is 4.79 Å². The van der Waals surface area contributed by atoms with Crippen molar-refractivity contribution >= 4 is 63.6 Å². The summed E-state index contributed by atoms with van der Waals surface area (Å²) in [6.45, 7) is 0. The van der Waals surface area contributed by atoms with Crippen LogP contribution in [0.15, 0.2) is 65.7 Å². The fraction of sp³-hybridized carbons (Fsp3) is 0.174. The normalized spacial score (nSPS) is 21.7. The molecule has 2 aromatic carbocycles. The van der Waals surface area contributed by atoms with Crippen molar-refractivity contribution in [2.45, 2.75) is 10.7 Å². The maximum absolute atomic E-state index is 13.0. The predicted molar refractivity (Wildman–Crippen MR) is 135 cm³/mol. The summed E-state index contributed by atoms with van der Waals surface area (Å²) in [5, 5.41) is 15.9. The van der Waals surface area contributed by atoms with Crippen LogP contribution in [0.4, 0.5) is 10.5 Å². The predicted octanol–water partition coefficient (Wildman–Crippen LogP) is 3.78. The van der Waals surface area contributed by atoms with E-state index in [1.54, 1.807) is 48.5 Å². The van der Waals surface area contributed by atoms with Gasteiger partial charge in [-0.15, -0.1) is 11.6 Å². The molecule has 3 amide bonds. The molecule has 11 heteroatoms. The van der Waals surface area contributed by atoms with Gasteiger partial charge in [0, 0.05) is 18.4 Å². The van der Waals surface area contributed by atoms with Gasteiger partial charge < -0.3 is 30.9 Å². The Morgan fingerprint density at radius 1 is 1.12 bits per heavy atom. The Kier molecular flexibility index (Phi) is 7.64. The molecular weight excluding hydrogens is 501 g/mol. The smallest absolute Gasteiger partial charge is 0.317 e. The van der Waals surface area contributed by atoms with E-state index >= 15 is 0 Å². The van der Waals surface area contributed by atoms with E-state index in [1.165, 1.54) is 26.4 Å². The van der Waals surface area contributed by atoms with Crippen molar-refractivity contribution < 1.29 is 24.2 Å². The molecule has 5 N–H and O–H groups in total. The number of aliphatic hydroxyl groups is 1. The summed E-state index contributed by atoms with van der Waals surface area (Å²) in [7, 11) is 2.65. The number of nitrogens with one attached hydrogen (secondary N) is 2. The number of hydrogen-bond donors (Lipinski definition) is 4. The molecule has 0 spiro atoms. The average Bonchev–Trinajstić information content (AvgIpc) is 2.81. The summed E-state index contributed by atoms with van der Waals surface area (Å²) < 4.78 is 10.5. The highest BCUT2D eigenvalue weighted by Gasteiger charge is 2.56. The molecule has 8 nitrogen and oxygen atoms in total. The Hall–Kier alpha value is -2.95. The number of carbonyl (C=O) groups excluding carboxylic acids is 2. The maximum atomic E-state index is 13.0. The standard InChI is InChI=1S/C23H21Cl2N3O5S/c1-32-17-10-6-4-8-15(17)19(29)27-16-9-5-3-7-14(16)13-11-18(24)23(31,33-2)22(25,12-13)20(34)28-21(26)30/h3-12,31H,1-2H3,(H,27,29)(H3,26,28,30,34). The fourth-order valence-electron chi connectivity index (χ4n) is 3.45. The van der Waals surface area contributed by atoms with Crippen LogP contribution in [0.1, 0.15) is 15.9 Å². The molecule has 34 heavy (non-hydrogen) atoms. The number of hydrogen-bond acceptors (Lipinski definition) is 6. The van der Waals surface area contributed by atoms with Crippen molar-refractivity contribution in [1.82, 2.24) is 5.32 Å². The number of anilines is 1. The number of thiocarbonyl (C=S) groups is 1. The third-order valence-corrected chi connectivity index (χ3v) is 6.61. The minimum Gasteiger partial charge on any atom is -0.496 e. The van der Waals surface area contributed by atoms with Gasteiger partial charge in [0.15, 0.2) is 4.87 Å². The number of nitrogens with two attached hydrogens (primary N) is 1. The Morgan fingerprint density at radius 3 is 2.41 bits per heavy atom. The second-order valence-electron chi connectivity index (χ2n) is 7.17. The van der Waals surface area contributed by atoms with Gasteiger partial charge in [-0.1, -0.05) is 54.2 Å². The maximum Gasteiger partial charge on any atom is 0.317 e. The highest BCUT2D eigenvalue weighted by Crippen LogP contribution is 2.47. The lowest BCUT2D eigenvalue weighted by molar-refractivity contribution is -0.154. The molecular formula is C23H21Cl2N3O5S. The van der Waals surface area contributed by atoms with Crippen molar-refractivity contribution in [3.05, 3.63) is 76.8 Å². The number of carbonyl (C=O) groups is 2. The van der Waals surface area contributed by atoms with Crippen molar-refractivity contribution in [3.8, 4) is 5.75 Å². The van der Waals surface area contributed by atoms with Crippen molar-refractivity contribution in [2.75, 3.05) is 19.5 Å². The monoisotopic (exact) mass is 521 g/mol. The van der Waals surface area contributed by atoms with Gasteiger partial charge in [0.2, 0.25) is 5.79 Å². The van der Waals surface area contributed by atoms with E-state index in [0.717, 1.165) is 0 Å². The Labute approximate surface area is 211 Å². The second kappa shape index (κ2) is 10.1. The first-order valence-electron chi connectivity index (χ1n) is 9.79. The first kappa shape index (κ1) is 25.7. The lowest BCUT2D eigenvalue weighted by Gasteiger charge is -2.42. The van der Waals surface area contributed by atoms with E-state index in [0.29, 0.717) is 28.1 Å². The quantitative estimate of drug-likeness (QED) is 0.260. The number of benzene rings is 2. The van der Waals surface area contributed by atoms with Crippen molar-refractivity contribution in [2.24, 2.45) is 5.73 Å². The Morgan fingerprint density at radius 2 is 1.76 bits per heavy atom. The van der Waals surface area contributed by atoms with Crippen LogP contribution in [0.5, 0.6) is 5.75 Å². The first-order chi connectivity index (χ1) is 16.1. The van der Waals surface area contributed by atoms with Crippen LogP contribution in [0, 0.1) is 0 Å². The molecule has 0 fully saturated rings. The molecule has 0 aliphatic heterocycles. The molecule has 1 aliphatic rings. The molecule has 3 rings (SSSR count). The molecule has 0 bridgehead atoms. The zero-order valence-electron chi connectivity index (χ0n) is 18.1. The molecule has 2 unspecified atom stereocenters. The molecule has 0 heterocycles. The number of urea groups is 1. The van der Waals surface area contributed by atoms with Crippen LogP contribution in [0.2, 0.25) is 0 Å². The van der Waals surface area contributed by atoms with Crippen LogP contribution >= 0.6 is 35.4 Å². The fourth-order valence-corrected chi connectivity index (χ4v) is 4.49. The molecule has 178 valence electrons. The third kappa shape index (κ3) is 4.66. The van der Waals surface area contributed by atoms with Gasteiger partial charge in [0.1, 0.15) is 10.7 Å². The zero-order chi connectivity index (χ0) is 25.1. The molecule has 0 aromatic heterocycles. The third-order valence-electron chi connectivity index (χ3n) is 5.15. The van der Waals surface area contributed by atoms with Gasteiger partial charge in [-0.05, 0) is 35.9 Å². The number of amides is 3. The Bertz CT molecular complexity index is 1220. The molecule has 2 atom stereocenters. The van der Waals surface area contributed by atoms with Crippen LogP contribution in [0.3, 0.4) is 0 Å². The number of methoxy groups -OCH3 is 2. The molecule has 0 saturated carbocycles. The number of para-hydroxylation sites is 2. The summed E-state index contributed by atoms with van der Waals surface area (Å²) in [5.41, 5.74) is 6.83. The highest BCUT2D eigenvalue weighted by atomic mass is 35.5. The summed E-state index contributed by atoms with van der Waals surface area (Å²) >= 11 is 18.3. The average molecular weight is 522 g/mol.